The SMILES string of the molecule is O=C(NCc1cccnc1-n1cncn1)C1CCN(C(=O)N2CCCC2)CC1. The minimum Gasteiger partial charge on any atom is -0.352 e. The zero-order chi connectivity index (χ0) is 19.3. The molecule has 1 N–H and O–H groups in total. The lowest BCUT2D eigenvalue weighted by Crippen LogP contribution is -2.47. The fourth-order valence-corrected chi connectivity index (χ4v) is 3.86. The number of aromatic nitrogens is 4. The van der Waals surface area contributed by atoms with E-state index < -0.39 is 0 Å². The summed E-state index contributed by atoms with van der Waals surface area (Å²) < 4.78 is 1.59. The summed E-state index contributed by atoms with van der Waals surface area (Å²) in [4.78, 5) is 37.2. The van der Waals surface area contributed by atoms with E-state index in [0.717, 1.165) is 31.5 Å². The summed E-state index contributed by atoms with van der Waals surface area (Å²) >= 11 is 0. The first-order chi connectivity index (χ1) is 13.7. The number of urea groups is 1. The number of piperidine rings is 1. The van der Waals surface area contributed by atoms with Crippen LogP contribution in [0.15, 0.2) is 31.0 Å². The summed E-state index contributed by atoms with van der Waals surface area (Å²) in [6.07, 6.45) is 8.32. The van der Waals surface area contributed by atoms with Crippen LogP contribution in [0.5, 0.6) is 0 Å². The van der Waals surface area contributed by atoms with Crippen molar-refractivity contribution >= 4 is 11.9 Å². The van der Waals surface area contributed by atoms with Crippen molar-refractivity contribution in [1.29, 1.82) is 0 Å². The molecule has 0 aliphatic carbocycles. The van der Waals surface area contributed by atoms with Gasteiger partial charge in [0.2, 0.25) is 5.91 Å². The molecule has 0 saturated carbocycles. The van der Waals surface area contributed by atoms with Crippen LogP contribution in [-0.2, 0) is 11.3 Å². The Balaban J connectivity index is 1.29. The highest BCUT2D eigenvalue weighted by Gasteiger charge is 2.30. The molecule has 2 fully saturated rings. The fourth-order valence-electron chi connectivity index (χ4n) is 3.86. The molecule has 148 valence electrons. The highest BCUT2D eigenvalue weighted by Crippen LogP contribution is 2.20. The fraction of sp³-hybridized carbons (Fsp3) is 0.526. The number of nitrogens with zero attached hydrogens (tertiary/aromatic N) is 6. The van der Waals surface area contributed by atoms with Crippen LogP contribution in [0.4, 0.5) is 4.79 Å². The molecule has 0 spiro atoms. The van der Waals surface area contributed by atoms with Crippen LogP contribution in [0.25, 0.3) is 5.82 Å². The third kappa shape index (κ3) is 3.97. The Labute approximate surface area is 163 Å². The molecule has 9 heteroatoms. The van der Waals surface area contributed by atoms with Gasteiger partial charge in [-0.2, -0.15) is 5.10 Å². The molecule has 4 heterocycles. The number of hydrogen-bond acceptors (Lipinski definition) is 5. The van der Waals surface area contributed by atoms with Crippen LogP contribution in [-0.4, -0.2) is 67.7 Å². The Kier molecular flexibility index (Phi) is 5.50. The van der Waals surface area contributed by atoms with E-state index in [1.54, 1.807) is 17.2 Å². The van der Waals surface area contributed by atoms with E-state index in [2.05, 4.69) is 20.4 Å². The van der Waals surface area contributed by atoms with Gasteiger partial charge in [0, 0.05) is 50.4 Å². The van der Waals surface area contributed by atoms with Gasteiger partial charge in [0.1, 0.15) is 12.7 Å². The molecular formula is C19H25N7O2. The van der Waals surface area contributed by atoms with E-state index in [1.807, 2.05) is 21.9 Å². The van der Waals surface area contributed by atoms with Crippen LogP contribution in [0, 0.1) is 5.92 Å². The van der Waals surface area contributed by atoms with Crippen LogP contribution in [0.3, 0.4) is 0 Å². The second-order valence-corrected chi connectivity index (χ2v) is 7.28. The van der Waals surface area contributed by atoms with Gasteiger partial charge in [-0.1, -0.05) is 6.07 Å². The number of carbonyl (C=O) groups is 2. The molecule has 2 aliphatic rings. The van der Waals surface area contributed by atoms with Crippen molar-refractivity contribution in [3.63, 3.8) is 0 Å². The first-order valence-corrected chi connectivity index (χ1v) is 9.83. The maximum Gasteiger partial charge on any atom is 0.319 e. The normalized spacial score (nSPS) is 17.7. The molecule has 2 aromatic rings. The maximum absolute atomic E-state index is 12.6. The van der Waals surface area contributed by atoms with Crippen molar-refractivity contribution in [3.8, 4) is 5.82 Å². The van der Waals surface area contributed by atoms with Crippen molar-refractivity contribution in [2.45, 2.75) is 32.2 Å². The third-order valence-electron chi connectivity index (χ3n) is 5.47. The Bertz CT molecular complexity index is 809. The van der Waals surface area contributed by atoms with Crippen molar-refractivity contribution in [3.05, 3.63) is 36.5 Å². The van der Waals surface area contributed by atoms with E-state index in [-0.39, 0.29) is 17.9 Å². The zero-order valence-electron chi connectivity index (χ0n) is 15.8. The molecule has 2 aromatic heterocycles. The summed E-state index contributed by atoms with van der Waals surface area (Å²) in [5.41, 5.74) is 0.878. The lowest BCUT2D eigenvalue weighted by atomic mass is 9.96. The van der Waals surface area contributed by atoms with E-state index in [4.69, 9.17) is 0 Å². The average Bonchev–Trinajstić information content (AvgIpc) is 3.46. The summed E-state index contributed by atoms with van der Waals surface area (Å²) in [6, 6.07) is 3.88. The van der Waals surface area contributed by atoms with Crippen LogP contribution in [0.1, 0.15) is 31.2 Å². The molecule has 2 aliphatic heterocycles. The highest BCUT2D eigenvalue weighted by atomic mass is 16.2. The largest absolute Gasteiger partial charge is 0.352 e. The van der Waals surface area contributed by atoms with Gasteiger partial charge in [-0.3, -0.25) is 4.79 Å². The molecule has 4 rings (SSSR count). The number of carbonyl (C=O) groups excluding carboxylic acids is 2. The smallest absolute Gasteiger partial charge is 0.319 e. The van der Waals surface area contributed by atoms with E-state index in [1.165, 1.54) is 6.33 Å². The van der Waals surface area contributed by atoms with Crippen molar-refractivity contribution in [1.82, 2.24) is 34.9 Å². The summed E-state index contributed by atoms with van der Waals surface area (Å²) in [6.45, 7) is 3.39. The molecule has 9 nitrogen and oxygen atoms in total. The lowest BCUT2D eigenvalue weighted by molar-refractivity contribution is -0.126. The van der Waals surface area contributed by atoms with Crippen molar-refractivity contribution < 1.29 is 9.59 Å². The van der Waals surface area contributed by atoms with E-state index in [0.29, 0.717) is 38.3 Å². The summed E-state index contributed by atoms with van der Waals surface area (Å²) in [5, 5.41) is 7.13. The molecule has 0 bridgehead atoms. The van der Waals surface area contributed by atoms with Crippen LogP contribution < -0.4 is 5.32 Å². The number of rotatable bonds is 4. The maximum atomic E-state index is 12.6. The van der Waals surface area contributed by atoms with Gasteiger partial charge in [-0.25, -0.2) is 19.4 Å². The molecule has 0 unspecified atom stereocenters. The summed E-state index contributed by atoms with van der Waals surface area (Å²) in [7, 11) is 0. The number of hydrogen-bond donors (Lipinski definition) is 1. The Morgan fingerprint density at radius 1 is 1.11 bits per heavy atom. The zero-order valence-corrected chi connectivity index (χ0v) is 15.8. The van der Waals surface area contributed by atoms with Crippen LogP contribution >= 0.6 is 0 Å². The standard InChI is InChI=1S/C19H25N7O2/c27-18(15-5-10-25(11-6-15)19(28)24-8-1-2-9-24)22-12-16-4-3-7-21-17(16)26-14-20-13-23-26/h3-4,7,13-15H,1-2,5-6,8-12H2,(H,22,27). The number of likely N-dealkylation sites (tertiary alicyclic amines) is 2. The minimum atomic E-state index is -0.0610. The van der Waals surface area contributed by atoms with Gasteiger partial charge in [0.25, 0.3) is 0 Å². The number of amides is 3. The summed E-state index contributed by atoms with van der Waals surface area (Å²) in [5.74, 6) is 0.627. The quantitative estimate of drug-likeness (QED) is 0.856. The van der Waals surface area contributed by atoms with Gasteiger partial charge < -0.3 is 15.1 Å². The van der Waals surface area contributed by atoms with Gasteiger partial charge in [-0.05, 0) is 31.7 Å². The first-order valence-electron chi connectivity index (χ1n) is 9.83. The van der Waals surface area contributed by atoms with Gasteiger partial charge in [0.05, 0.1) is 0 Å². The second kappa shape index (κ2) is 8.37. The van der Waals surface area contributed by atoms with Crippen molar-refractivity contribution in [2.24, 2.45) is 5.92 Å². The van der Waals surface area contributed by atoms with Crippen LogP contribution in [0.2, 0.25) is 0 Å². The molecular weight excluding hydrogens is 358 g/mol. The first kappa shape index (κ1) is 18.4. The molecule has 0 atom stereocenters. The van der Waals surface area contributed by atoms with Crippen molar-refractivity contribution in [2.75, 3.05) is 26.2 Å². The van der Waals surface area contributed by atoms with Gasteiger partial charge >= 0.3 is 6.03 Å². The Morgan fingerprint density at radius 2 is 1.86 bits per heavy atom. The third-order valence-corrected chi connectivity index (χ3v) is 5.47. The highest BCUT2D eigenvalue weighted by molar-refractivity contribution is 5.79. The monoisotopic (exact) mass is 383 g/mol. The Morgan fingerprint density at radius 3 is 2.57 bits per heavy atom. The minimum absolute atomic E-state index is 0.0293. The predicted molar refractivity (Wildman–Crippen MR) is 102 cm³/mol. The molecule has 3 amide bonds. The Hall–Kier alpha value is -2.97. The average molecular weight is 383 g/mol. The molecule has 28 heavy (non-hydrogen) atoms. The molecule has 2 saturated heterocycles. The van der Waals surface area contributed by atoms with Gasteiger partial charge in [-0.15, -0.1) is 0 Å². The van der Waals surface area contributed by atoms with E-state index >= 15 is 0 Å². The number of pyridine rings is 1. The molecule has 0 aromatic carbocycles. The van der Waals surface area contributed by atoms with Gasteiger partial charge in [0.15, 0.2) is 5.82 Å². The molecule has 0 radical (unpaired) electrons. The topological polar surface area (TPSA) is 96.2 Å². The number of nitrogens with one attached hydrogen (secondary N) is 1. The van der Waals surface area contributed by atoms with E-state index in [9.17, 15) is 9.59 Å². The predicted octanol–water partition coefficient (Wildman–Crippen LogP) is 1.21. The second-order valence-electron chi connectivity index (χ2n) is 7.28. The lowest BCUT2D eigenvalue weighted by Gasteiger charge is -2.34.